The third-order valence-electron chi connectivity index (χ3n) is 3.32. The Hall–Kier alpha value is -2.30. The molecule has 0 aliphatic carbocycles. The molecule has 8 N–H and O–H groups in total. The molecular formula is C11H17N5O5. The molecule has 0 spiro atoms. The number of hydrogen-bond acceptors (Lipinski definition) is 7. The molecule has 0 radical (unpaired) electrons. The molecule has 1 aliphatic rings. The largest absolute Gasteiger partial charge is 0.409 e. The predicted octanol–water partition coefficient (Wildman–Crippen LogP) is -1.68. The first kappa shape index (κ1) is 15.1. The van der Waals surface area contributed by atoms with Crippen molar-refractivity contribution in [3.8, 4) is 0 Å². The van der Waals surface area contributed by atoms with E-state index in [0.29, 0.717) is 5.56 Å². The zero-order valence-electron chi connectivity index (χ0n) is 11.0. The van der Waals surface area contributed by atoms with Gasteiger partial charge in [-0.05, 0) is 6.07 Å². The fourth-order valence-corrected chi connectivity index (χ4v) is 2.22. The lowest BCUT2D eigenvalue weighted by molar-refractivity contribution is -0.0444. The lowest BCUT2D eigenvalue weighted by Crippen LogP contribution is -2.24. The lowest BCUT2D eigenvalue weighted by Gasteiger charge is -2.16. The van der Waals surface area contributed by atoms with E-state index in [1.54, 1.807) is 0 Å². The Morgan fingerprint density at radius 2 is 2.00 bits per heavy atom. The number of aliphatic hydroxyl groups excluding tert-OH is 2. The van der Waals surface area contributed by atoms with Crippen LogP contribution in [-0.4, -0.2) is 55.7 Å². The minimum atomic E-state index is -0.838. The van der Waals surface area contributed by atoms with E-state index in [0.717, 1.165) is 0 Å². The minimum Gasteiger partial charge on any atom is -0.409 e. The Morgan fingerprint density at radius 3 is 2.52 bits per heavy atom. The summed E-state index contributed by atoms with van der Waals surface area (Å²) in [4.78, 5) is 0. The predicted molar refractivity (Wildman–Crippen MR) is 71.1 cm³/mol. The molecule has 10 heteroatoms. The van der Waals surface area contributed by atoms with Crippen LogP contribution in [0, 0.1) is 0 Å². The molecule has 1 aliphatic heterocycles. The van der Waals surface area contributed by atoms with Crippen molar-refractivity contribution in [1.82, 2.24) is 4.57 Å². The van der Waals surface area contributed by atoms with Crippen molar-refractivity contribution in [2.45, 2.75) is 24.9 Å². The molecule has 1 aromatic heterocycles. The zero-order valence-corrected chi connectivity index (χ0v) is 11.0. The van der Waals surface area contributed by atoms with Gasteiger partial charge in [-0.2, -0.15) is 0 Å². The lowest BCUT2D eigenvalue weighted by atomic mass is 10.2. The summed E-state index contributed by atoms with van der Waals surface area (Å²) in [5.74, 6) is -0.351. The van der Waals surface area contributed by atoms with E-state index < -0.39 is 18.4 Å². The second-order valence-corrected chi connectivity index (χ2v) is 4.61. The second-order valence-electron chi connectivity index (χ2n) is 4.61. The second kappa shape index (κ2) is 5.99. The van der Waals surface area contributed by atoms with Crippen LogP contribution < -0.4 is 11.5 Å². The number of hydrogen-bond donors (Lipinski definition) is 6. The molecule has 0 amide bonds. The van der Waals surface area contributed by atoms with Crippen molar-refractivity contribution in [1.29, 1.82) is 0 Å². The molecule has 0 bridgehead atoms. The molecular weight excluding hydrogens is 282 g/mol. The topological polar surface area (TPSA) is 172 Å². The standard InChI is InChI=1S/C11H17N5O5/c12-10(14-19)5-1-6(11(13)15-20)16(3-5)9-2-7(18)8(4-17)21-9/h1,3,7-9,17-20H,2,4H2,(H2,12,14)(H2,13,15). The molecule has 0 aromatic carbocycles. The molecule has 1 aromatic rings. The monoisotopic (exact) mass is 299 g/mol. The number of oxime groups is 2. The van der Waals surface area contributed by atoms with Crippen molar-refractivity contribution < 1.29 is 25.4 Å². The number of rotatable bonds is 4. The summed E-state index contributed by atoms with van der Waals surface area (Å²) in [5.41, 5.74) is 11.7. The maximum Gasteiger partial charge on any atom is 0.186 e. The first-order valence-electron chi connectivity index (χ1n) is 6.13. The fourth-order valence-electron chi connectivity index (χ4n) is 2.22. The number of ether oxygens (including phenoxy) is 1. The summed E-state index contributed by atoms with van der Waals surface area (Å²) in [7, 11) is 0. The molecule has 2 heterocycles. The van der Waals surface area contributed by atoms with Crippen LogP contribution in [0.5, 0.6) is 0 Å². The van der Waals surface area contributed by atoms with Gasteiger partial charge in [0.05, 0.1) is 18.4 Å². The van der Waals surface area contributed by atoms with Crippen LogP contribution in [0.25, 0.3) is 0 Å². The maximum absolute atomic E-state index is 9.77. The molecule has 10 nitrogen and oxygen atoms in total. The van der Waals surface area contributed by atoms with Crippen molar-refractivity contribution >= 4 is 11.7 Å². The summed E-state index contributed by atoms with van der Waals surface area (Å²) in [6.07, 6.45) is -0.492. The minimum absolute atomic E-state index is 0.155. The molecule has 116 valence electrons. The van der Waals surface area contributed by atoms with E-state index >= 15 is 0 Å². The van der Waals surface area contributed by atoms with Crippen LogP contribution in [0.2, 0.25) is 0 Å². The van der Waals surface area contributed by atoms with Crippen LogP contribution in [0.4, 0.5) is 0 Å². The molecule has 2 rings (SSSR count). The summed E-state index contributed by atoms with van der Waals surface area (Å²) in [5, 5.41) is 42.2. The third kappa shape index (κ3) is 2.77. The fraction of sp³-hybridized carbons (Fsp3) is 0.455. The zero-order chi connectivity index (χ0) is 15.6. The third-order valence-corrected chi connectivity index (χ3v) is 3.32. The van der Waals surface area contributed by atoms with E-state index in [9.17, 15) is 5.11 Å². The molecule has 3 unspecified atom stereocenters. The van der Waals surface area contributed by atoms with Crippen molar-refractivity contribution in [2.75, 3.05) is 6.61 Å². The molecule has 21 heavy (non-hydrogen) atoms. The van der Waals surface area contributed by atoms with Gasteiger partial charge in [-0.3, -0.25) is 0 Å². The van der Waals surface area contributed by atoms with E-state index in [4.69, 9.17) is 31.7 Å². The molecule has 1 saturated heterocycles. The number of aliphatic hydroxyl groups is 2. The van der Waals surface area contributed by atoms with Crippen LogP contribution in [0.3, 0.4) is 0 Å². The summed E-state index contributed by atoms with van der Waals surface area (Å²) in [6.45, 7) is -0.328. The average Bonchev–Trinajstić information content (AvgIpc) is 3.08. The Bertz CT molecular complexity index is 569. The normalized spacial score (nSPS) is 27.2. The van der Waals surface area contributed by atoms with Gasteiger partial charge in [0, 0.05) is 18.2 Å². The first-order valence-corrected chi connectivity index (χ1v) is 6.13. The van der Waals surface area contributed by atoms with Crippen LogP contribution in [0.1, 0.15) is 23.9 Å². The van der Waals surface area contributed by atoms with Gasteiger partial charge >= 0.3 is 0 Å². The Morgan fingerprint density at radius 1 is 1.33 bits per heavy atom. The number of nitrogens with zero attached hydrogens (tertiary/aromatic N) is 3. The molecule has 1 fully saturated rings. The summed E-state index contributed by atoms with van der Waals surface area (Å²) < 4.78 is 6.99. The van der Waals surface area contributed by atoms with Crippen molar-refractivity contribution in [3.05, 3.63) is 23.5 Å². The maximum atomic E-state index is 9.77. The van der Waals surface area contributed by atoms with Gasteiger partial charge in [-0.15, -0.1) is 0 Å². The van der Waals surface area contributed by atoms with Crippen LogP contribution in [0.15, 0.2) is 22.6 Å². The Kier molecular flexibility index (Phi) is 4.31. The van der Waals surface area contributed by atoms with Gasteiger partial charge in [0.15, 0.2) is 11.7 Å². The number of nitrogens with two attached hydrogens (primary N) is 2. The van der Waals surface area contributed by atoms with Gasteiger partial charge in [0.25, 0.3) is 0 Å². The highest BCUT2D eigenvalue weighted by Gasteiger charge is 2.35. The SMILES string of the molecule is N/C(=N/O)c1cc(/C(N)=N\O)n(C2CC(O)C(CO)O2)c1. The quantitative estimate of drug-likeness (QED) is 0.167. The van der Waals surface area contributed by atoms with Gasteiger partial charge in [-0.25, -0.2) is 0 Å². The van der Waals surface area contributed by atoms with E-state index in [2.05, 4.69) is 10.3 Å². The van der Waals surface area contributed by atoms with E-state index in [1.165, 1.54) is 16.8 Å². The highest BCUT2D eigenvalue weighted by atomic mass is 16.5. The summed E-state index contributed by atoms with van der Waals surface area (Å²) in [6, 6.07) is 1.45. The van der Waals surface area contributed by atoms with Crippen molar-refractivity contribution in [3.63, 3.8) is 0 Å². The molecule has 0 saturated carbocycles. The van der Waals surface area contributed by atoms with Crippen LogP contribution in [-0.2, 0) is 4.74 Å². The number of amidine groups is 2. The van der Waals surface area contributed by atoms with Gasteiger partial charge in [0.2, 0.25) is 0 Å². The average molecular weight is 299 g/mol. The first-order chi connectivity index (χ1) is 10.0. The summed E-state index contributed by atoms with van der Waals surface area (Å²) >= 11 is 0. The van der Waals surface area contributed by atoms with E-state index in [1.807, 2.05) is 0 Å². The van der Waals surface area contributed by atoms with Gasteiger partial charge in [0.1, 0.15) is 12.3 Å². The van der Waals surface area contributed by atoms with Gasteiger partial charge in [-0.1, -0.05) is 10.3 Å². The van der Waals surface area contributed by atoms with Gasteiger partial charge < -0.3 is 41.4 Å². The highest BCUT2D eigenvalue weighted by Crippen LogP contribution is 2.30. The van der Waals surface area contributed by atoms with Crippen molar-refractivity contribution in [2.24, 2.45) is 21.8 Å². The Balaban J connectivity index is 2.40. The number of aromatic nitrogens is 1. The van der Waals surface area contributed by atoms with E-state index in [-0.39, 0.29) is 30.4 Å². The molecule has 3 atom stereocenters. The highest BCUT2D eigenvalue weighted by molar-refractivity contribution is 6.02. The Labute approximate surface area is 119 Å². The van der Waals surface area contributed by atoms with Crippen LogP contribution >= 0.6 is 0 Å². The smallest absolute Gasteiger partial charge is 0.186 e.